The third-order valence-corrected chi connectivity index (χ3v) is 9.59. The Bertz CT molecular complexity index is 1160. The molecule has 0 fully saturated rings. The van der Waals surface area contributed by atoms with Crippen molar-refractivity contribution in [2.75, 3.05) is 23.5 Å². The van der Waals surface area contributed by atoms with Gasteiger partial charge in [-0.25, -0.2) is 4.79 Å². The van der Waals surface area contributed by atoms with Crippen LogP contribution in [0.3, 0.4) is 0 Å². The molecule has 3 rings (SSSR count). The normalized spacial score (nSPS) is 17.0. The van der Waals surface area contributed by atoms with Crippen LogP contribution in [0.5, 0.6) is 5.75 Å². The molecule has 208 valence electrons. The van der Waals surface area contributed by atoms with E-state index in [-0.39, 0.29) is 11.4 Å². The van der Waals surface area contributed by atoms with E-state index in [1.54, 1.807) is 18.2 Å². The van der Waals surface area contributed by atoms with E-state index >= 15 is 0 Å². The molecule has 3 N–H and O–H groups in total. The zero-order chi connectivity index (χ0) is 27.9. The van der Waals surface area contributed by atoms with E-state index < -0.39 is 26.9 Å². The van der Waals surface area contributed by atoms with E-state index in [1.165, 1.54) is 23.9 Å². The molecule has 38 heavy (non-hydrogen) atoms. The molecule has 2 aromatic carbocycles. The van der Waals surface area contributed by atoms with Crippen molar-refractivity contribution in [2.24, 2.45) is 5.41 Å². The van der Waals surface area contributed by atoms with E-state index in [4.69, 9.17) is 9.84 Å². The third kappa shape index (κ3) is 7.02. The van der Waals surface area contributed by atoms with Gasteiger partial charge >= 0.3 is 5.97 Å². The quantitative estimate of drug-likeness (QED) is 0.0772. The molecule has 0 aliphatic carbocycles. The number of ether oxygens (including phenoxy) is 1. The number of non-ortho nitro benzene ring substituents is 1. The van der Waals surface area contributed by atoms with E-state index in [9.17, 15) is 24.0 Å². The molecule has 9 nitrogen and oxygen atoms in total. The minimum absolute atomic E-state index is 0.0184. The first kappa shape index (κ1) is 29.8. The van der Waals surface area contributed by atoms with Gasteiger partial charge in [-0.1, -0.05) is 39.5 Å². The van der Waals surface area contributed by atoms with Crippen LogP contribution in [0.15, 0.2) is 58.5 Å². The number of nitro groups is 1. The van der Waals surface area contributed by atoms with Crippen LogP contribution in [0.1, 0.15) is 52.4 Å². The molecule has 0 aromatic heterocycles. The smallest absolute Gasteiger partial charge is 0.331 e. The molecule has 2 aromatic rings. The van der Waals surface area contributed by atoms with Crippen LogP contribution in [0.25, 0.3) is 0 Å². The number of nitrogens with zero attached hydrogens (tertiary/aromatic N) is 2. The van der Waals surface area contributed by atoms with Crippen molar-refractivity contribution in [3.8, 4) is 5.75 Å². The van der Waals surface area contributed by atoms with Gasteiger partial charge in [0, 0.05) is 41.6 Å². The van der Waals surface area contributed by atoms with Crippen molar-refractivity contribution in [1.82, 2.24) is 0 Å². The highest BCUT2D eigenvalue weighted by molar-refractivity contribution is 8.24. The molecular weight excluding hydrogens is 528 g/mol. The first-order chi connectivity index (χ1) is 18.1. The highest BCUT2D eigenvalue weighted by Gasteiger charge is 2.42. The Kier molecular flexibility index (Phi) is 10.1. The molecule has 0 amide bonds. The zero-order valence-electron chi connectivity index (χ0n) is 22.0. The van der Waals surface area contributed by atoms with Gasteiger partial charge in [0.05, 0.1) is 32.7 Å². The predicted molar refractivity (Wildman–Crippen MR) is 153 cm³/mol. The second kappa shape index (κ2) is 12.9. The molecule has 1 aliphatic rings. The fraction of sp³-hybridized carbons (Fsp3) is 0.444. The summed E-state index contributed by atoms with van der Waals surface area (Å²) in [7, 11) is -3.28. The Morgan fingerprint density at radius 1 is 1.18 bits per heavy atom. The van der Waals surface area contributed by atoms with Crippen molar-refractivity contribution in [1.29, 1.82) is 0 Å². The van der Waals surface area contributed by atoms with E-state index in [1.807, 2.05) is 17.2 Å². The average molecular weight is 565 g/mol. The van der Waals surface area contributed by atoms with E-state index in [2.05, 4.69) is 13.8 Å². The molecule has 0 saturated heterocycles. The number of carbonyl (C=O) groups is 1. The van der Waals surface area contributed by atoms with Crippen LogP contribution < -0.4 is 9.64 Å². The van der Waals surface area contributed by atoms with Crippen molar-refractivity contribution >= 4 is 45.4 Å². The molecule has 0 atom stereocenters. The lowest BCUT2D eigenvalue weighted by Gasteiger charge is -2.42. The number of carboxylic acids is 1. The van der Waals surface area contributed by atoms with Gasteiger partial charge in [0.2, 0.25) is 0 Å². The molecule has 1 aliphatic heterocycles. The predicted octanol–water partition coefficient (Wildman–Crippen LogP) is 7.92. The fourth-order valence-electron chi connectivity index (χ4n) is 4.91. The van der Waals surface area contributed by atoms with Crippen molar-refractivity contribution in [3.63, 3.8) is 0 Å². The number of unbranched alkanes of at least 4 members (excludes halogenated alkanes) is 2. The summed E-state index contributed by atoms with van der Waals surface area (Å²) in [6.45, 7) is 4.76. The maximum absolute atomic E-state index is 11.7. The monoisotopic (exact) mass is 564 g/mol. The van der Waals surface area contributed by atoms with Crippen LogP contribution in [-0.2, 0) is 4.79 Å². The maximum Gasteiger partial charge on any atom is 0.331 e. The minimum atomic E-state index is -3.28. The van der Waals surface area contributed by atoms with Crippen molar-refractivity contribution in [2.45, 2.75) is 62.2 Å². The first-order valence-corrected chi connectivity index (χ1v) is 15.6. The van der Waals surface area contributed by atoms with Gasteiger partial charge in [0.15, 0.2) is 0 Å². The molecule has 0 bridgehead atoms. The number of thioether (sulfide) groups is 1. The van der Waals surface area contributed by atoms with E-state index in [0.29, 0.717) is 27.8 Å². The molecule has 0 unspecified atom stereocenters. The summed E-state index contributed by atoms with van der Waals surface area (Å²) >= 11 is 1.39. The van der Waals surface area contributed by atoms with E-state index in [0.717, 1.165) is 56.6 Å². The number of fused-ring (bicyclic) bond motifs is 1. The van der Waals surface area contributed by atoms with Crippen LogP contribution >= 0.6 is 22.4 Å². The molecule has 0 saturated carbocycles. The number of aliphatic carboxylic acids is 1. The van der Waals surface area contributed by atoms with Gasteiger partial charge in [-0.05, 0) is 37.3 Å². The van der Waals surface area contributed by atoms with Crippen LogP contribution in [0, 0.1) is 15.5 Å². The second-order valence-corrected chi connectivity index (χ2v) is 12.5. The molecule has 0 radical (unpaired) electrons. The summed E-state index contributed by atoms with van der Waals surface area (Å²) in [5, 5.41) is 20.2. The molecular formula is C27H36N2O7S2. The van der Waals surface area contributed by atoms with Crippen molar-refractivity contribution in [3.05, 3.63) is 58.9 Å². The Morgan fingerprint density at radius 3 is 2.34 bits per heavy atom. The summed E-state index contributed by atoms with van der Waals surface area (Å²) in [5.41, 5.74) is 0.913. The Hall–Kier alpha value is -2.73. The summed E-state index contributed by atoms with van der Waals surface area (Å²) in [5.74, 6) is -0.637. The number of carboxylic acid groups (broad SMARTS) is 1. The average Bonchev–Trinajstić information content (AvgIpc) is 2.97. The highest BCUT2D eigenvalue weighted by atomic mass is 32.3. The van der Waals surface area contributed by atoms with Gasteiger partial charge in [-0.3, -0.25) is 19.2 Å². The van der Waals surface area contributed by atoms with Gasteiger partial charge < -0.3 is 14.7 Å². The lowest BCUT2D eigenvalue weighted by atomic mass is 9.79. The summed E-state index contributed by atoms with van der Waals surface area (Å²) < 4.78 is 29.0. The molecule has 1 heterocycles. The van der Waals surface area contributed by atoms with Crippen LogP contribution in [-0.4, -0.2) is 43.7 Å². The number of nitro benzene ring substituents is 1. The molecule has 0 spiro atoms. The highest BCUT2D eigenvalue weighted by Crippen LogP contribution is 2.62. The summed E-state index contributed by atoms with van der Waals surface area (Å²) in [6, 6.07) is 9.74. The summed E-state index contributed by atoms with van der Waals surface area (Å²) in [4.78, 5) is 24.8. The standard InChI is InChI=1S/C27H36N2O7S2/c1-4-6-13-27(14-7-5-2)18-28(20-8-10-21(11-9-20)29(32)33)22-16-24(37-3)23(36-15-12-26(30)31)17-25(22)38(34,35)19-27/h8-12,15-17,34-35H,4-7,13-14,18-19H2,1-3H3,(H,30,31). The lowest BCUT2D eigenvalue weighted by Crippen LogP contribution is -2.37. The fourth-order valence-corrected chi connectivity index (χ4v) is 7.63. The van der Waals surface area contributed by atoms with Gasteiger partial charge in [0.1, 0.15) is 5.75 Å². The second-order valence-electron chi connectivity index (χ2n) is 9.61. The number of rotatable bonds is 12. The van der Waals surface area contributed by atoms with Gasteiger partial charge in [-0.15, -0.1) is 11.8 Å². The van der Waals surface area contributed by atoms with Gasteiger partial charge in [0.25, 0.3) is 5.69 Å². The maximum atomic E-state index is 11.7. The minimum Gasteiger partial charge on any atom is -0.478 e. The first-order valence-electron chi connectivity index (χ1n) is 12.6. The molecule has 11 heteroatoms. The Balaban J connectivity index is 2.23. The lowest BCUT2D eigenvalue weighted by molar-refractivity contribution is -0.384. The number of anilines is 2. The zero-order valence-corrected chi connectivity index (χ0v) is 23.6. The Morgan fingerprint density at radius 2 is 1.82 bits per heavy atom. The summed E-state index contributed by atoms with van der Waals surface area (Å²) in [6.07, 6.45) is 9.25. The van der Waals surface area contributed by atoms with Crippen LogP contribution in [0.2, 0.25) is 0 Å². The van der Waals surface area contributed by atoms with Crippen LogP contribution in [0.4, 0.5) is 17.1 Å². The SMILES string of the molecule is CCCCC1(CCCC)CN(c2ccc([N+](=O)[O-])cc2)c2cc(SC)c(OC=CC(=O)O)cc2S(O)(O)C1. The number of benzene rings is 2. The largest absolute Gasteiger partial charge is 0.478 e. The Labute approximate surface area is 229 Å². The van der Waals surface area contributed by atoms with Gasteiger partial charge in [-0.2, -0.15) is 10.6 Å². The topological polar surface area (TPSA) is 133 Å². The number of hydrogen-bond acceptors (Lipinski definition) is 8. The van der Waals surface area contributed by atoms with Crippen molar-refractivity contribution < 1.29 is 28.7 Å². The third-order valence-electron chi connectivity index (χ3n) is 6.79. The number of hydrogen-bond donors (Lipinski definition) is 3.